The van der Waals surface area contributed by atoms with Gasteiger partial charge >= 0.3 is 0 Å². The fraction of sp³-hybridized carbons (Fsp3) is 0.312. The van der Waals surface area contributed by atoms with Crippen molar-refractivity contribution in [2.75, 3.05) is 0 Å². The lowest BCUT2D eigenvalue weighted by atomic mass is 9.97. The Morgan fingerprint density at radius 2 is 0.402 bits per heavy atom. The molecule has 528 valence electrons. The Morgan fingerprint density at radius 3 is 0.637 bits per heavy atom. The van der Waals surface area contributed by atoms with E-state index in [-0.39, 0.29) is 0 Å². The average Bonchev–Trinajstić information content (AvgIpc) is 0.851. The first-order valence-electron chi connectivity index (χ1n) is 40.0. The van der Waals surface area contributed by atoms with E-state index in [9.17, 15) is 0 Å². The summed E-state index contributed by atoms with van der Waals surface area (Å²) in [5.74, 6) is 0. The average molecular weight is 1370 g/mol. The zero-order valence-corrected chi connectivity index (χ0v) is 66.5. The molecule has 0 saturated carbocycles. The summed E-state index contributed by atoms with van der Waals surface area (Å²) >= 11 is 0. The van der Waals surface area contributed by atoms with Crippen LogP contribution >= 0.6 is 0 Å². The van der Waals surface area contributed by atoms with Crippen LogP contribution in [-0.4, -0.2) is 0 Å². The monoisotopic (exact) mass is 1370 g/mol. The second-order valence-corrected chi connectivity index (χ2v) is 28.2. The molecule has 12 aromatic rings. The van der Waals surface area contributed by atoms with Crippen LogP contribution in [0.25, 0.3) is 67.5 Å². The minimum absolute atomic E-state index is 0.395. The van der Waals surface area contributed by atoms with Crippen LogP contribution in [0.2, 0.25) is 0 Å². The van der Waals surface area contributed by atoms with Gasteiger partial charge in [0.15, 0.2) is 34.2 Å². The van der Waals surface area contributed by atoms with Crippen molar-refractivity contribution >= 4 is 0 Å². The predicted octanol–water partition coefficient (Wildman–Crippen LogP) is 20.5. The SMILES string of the molecule is Cc1ccc(-c2c(C)ccc(C)[n+]2C)c(C)c1.Cc1cccc(-c2c(C)ccc(C)[n+]2C)c1C.Cc1cccc(-c2c(C)ccc(C)[n+]2C)c1C.[2H]C([2H])([2H])c1ccc(-c2c(C)ccc(C)[n+]2C)c(C)c1.[2H]C([2H])([2H])c1cccc(-c2c(C)ccc(C)[n+]2C)c1C.[2H]C([2H])([2H])c1cccc(-c2c(C)ccc(C)[n+]2C)c1C. The standard InChI is InChI=1S/6C16H20N/c2*1-11-6-9-15(13(3)10-11)16-12(2)7-8-14(4)17(16)5;4*1-11-7-6-8-15(14(11)4)16-12(2)9-10-13(3)17(16)5/h6*6-10H,1-5H3/q6*+1/i1D3;;2*1D3;;. The Hall–Kier alpha value is -9.78. The lowest BCUT2D eigenvalue weighted by Crippen LogP contribution is -2.35. The molecule has 0 radical (unpaired) electrons. The molecule has 0 amide bonds. The van der Waals surface area contributed by atoms with Crippen LogP contribution in [-0.2, 0) is 42.3 Å². The Balaban J connectivity index is 0.000000185. The third kappa shape index (κ3) is 18.3. The minimum Gasteiger partial charge on any atom is -0.198 e. The fourth-order valence-electron chi connectivity index (χ4n) is 13.4. The fourth-order valence-corrected chi connectivity index (χ4v) is 13.4. The molecule has 0 aliphatic carbocycles. The van der Waals surface area contributed by atoms with Gasteiger partial charge < -0.3 is 0 Å². The van der Waals surface area contributed by atoms with Gasteiger partial charge in [-0.15, -0.1) is 0 Å². The number of aryl methyl sites for hydroxylation is 20. The van der Waals surface area contributed by atoms with E-state index in [1.165, 1.54) is 112 Å². The summed E-state index contributed by atoms with van der Waals surface area (Å²) in [5, 5.41) is 0. The normalized spacial score (nSPS) is 12.3. The number of benzene rings is 6. The zero-order chi connectivity index (χ0) is 83.0. The highest BCUT2D eigenvalue weighted by Gasteiger charge is 2.24. The van der Waals surface area contributed by atoms with Gasteiger partial charge in [-0.3, -0.25) is 0 Å². The van der Waals surface area contributed by atoms with Crippen LogP contribution in [0.1, 0.15) is 147 Å². The van der Waals surface area contributed by atoms with Gasteiger partial charge in [-0.25, -0.2) is 0 Å². The summed E-state index contributed by atoms with van der Waals surface area (Å²) in [6.07, 6.45) is 0. The molecule has 6 heterocycles. The molecule has 0 spiro atoms. The van der Waals surface area contributed by atoms with Crippen molar-refractivity contribution in [3.63, 3.8) is 0 Å². The summed E-state index contributed by atoms with van der Waals surface area (Å²) in [6, 6.07) is 61.7. The lowest BCUT2D eigenvalue weighted by Gasteiger charge is -2.10. The maximum atomic E-state index is 7.65. The van der Waals surface area contributed by atoms with E-state index < -0.39 is 20.6 Å². The Bertz CT molecular complexity index is 5180. The third-order valence-corrected chi connectivity index (χ3v) is 20.9. The van der Waals surface area contributed by atoms with E-state index in [2.05, 4.69) is 287 Å². The van der Waals surface area contributed by atoms with E-state index in [1.807, 2.05) is 86.1 Å². The largest absolute Gasteiger partial charge is 0.215 e. The molecular weight excluding hydrogens is 1240 g/mol. The van der Waals surface area contributed by atoms with Crippen molar-refractivity contribution in [3.8, 4) is 67.5 Å². The molecule has 0 unspecified atom stereocenters. The van der Waals surface area contributed by atoms with Gasteiger partial charge in [0.25, 0.3) is 0 Å². The smallest absolute Gasteiger partial charge is 0.198 e. The highest BCUT2D eigenvalue weighted by molar-refractivity contribution is 5.70. The number of hydrogen-bond acceptors (Lipinski definition) is 0. The van der Waals surface area contributed by atoms with Crippen LogP contribution in [0, 0.1) is 166 Å². The van der Waals surface area contributed by atoms with E-state index in [0.717, 1.165) is 73.0 Å². The lowest BCUT2D eigenvalue weighted by molar-refractivity contribution is -0.667. The first kappa shape index (κ1) is 66.8. The quantitative estimate of drug-likeness (QED) is 0.148. The van der Waals surface area contributed by atoms with Gasteiger partial charge in [0, 0.05) is 157 Å². The Labute approximate surface area is 628 Å². The Kier molecular flexibility index (Phi) is 22.7. The summed E-state index contributed by atoms with van der Waals surface area (Å²) < 4.78 is 81.6. The predicted molar refractivity (Wildman–Crippen MR) is 432 cm³/mol. The molecule has 0 saturated heterocycles. The molecule has 0 aliphatic heterocycles. The molecule has 0 bridgehead atoms. The van der Waals surface area contributed by atoms with Gasteiger partial charge in [-0.05, 0) is 253 Å². The first-order chi connectivity index (χ1) is 51.7. The van der Waals surface area contributed by atoms with Crippen molar-refractivity contribution in [1.29, 1.82) is 0 Å². The van der Waals surface area contributed by atoms with E-state index in [4.69, 9.17) is 12.3 Å². The van der Waals surface area contributed by atoms with Gasteiger partial charge in [0.05, 0.1) is 0 Å². The van der Waals surface area contributed by atoms with Gasteiger partial charge in [-0.1, -0.05) is 83.9 Å². The third-order valence-electron chi connectivity index (χ3n) is 20.9. The van der Waals surface area contributed by atoms with Crippen molar-refractivity contribution in [2.45, 2.75) is 166 Å². The van der Waals surface area contributed by atoms with Gasteiger partial charge in [-0.2, -0.15) is 27.4 Å². The van der Waals surface area contributed by atoms with Crippen LogP contribution in [0.15, 0.2) is 182 Å². The maximum absolute atomic E-state index is 7.65. The zero-order valence-electron chi connectivity index (χ0n) is 75.5. The second kappa shape index (κ2) is 34.7. The van der Waals surface area contributed by atoms with Crippen LogP contribution < -0.4 is 27.4 Å². The summed E-state index contributed by atoms with van der Waals surface area (Å²) in [4.78, 5) is 0. The second-order valence-electron chi connectivity index (χ2n) is 28.2. The van der Waals surface area contributed by atoms with E-state index in [1.54, 1.807) is 24.3 Å². The number of pyridine rings is 6. The minimum atomic E-state index is -2.07. The molecule has 0 aliphatic rings. The van der Waals surface area contributed by atoms with E-state index >= 15 is 0 Å². The molecule has 0 atom stereocenters. The molecule has 0 N–H and O–H groups in total. The van der Waals surface area contributed by atoms with Crippen molar-refractivity contribution in [3.05, 3.63) is 316 Å². The van der Waals surface area contributed by atoms with Gasteiger partial charge in [0.1, 0.15) is 42.3 Å². The molecule has 0 fully saturated rings. The number of hydrogen-bond donors (Lipinski definition) is 0. The first-order valence-corrected chi connectivity index (χ1v) is 35.5. The van der Waals surface area contributed by atoms with Crippen molar-refractivity contribution in [2.24, 2.45) is 42.3 Å². The Morgan fingerprint density at radius 1 is 0.186 bits per heavy atom. The topological polar surface area (TPSA) is 23.3 Å². The molecule has 6 aromatic carbocycles. The number of aromatic nitrogens is 6. The van der Waals surface area contributed by atoms with Crippen molar-refractivity contribution in [1.82, 2.24) is 0 Å². The molecule has 6 nitrogen and oxygen atoms in total. The van der Waals surface area contributed by atoms with Gasteiger partial charge in [0.2, 0.25) is 34.2 Å². The summed E-state index contributed by atoms with van der Waals surface area (Å²) in [5.41, 5.74) is 41.1. The molecule has 12 rings (SSSR count). The summed E-state index contributed by atoms with van der Waals surface area (Å²) in [7, 11) is 12.5. The molecular formula is C96H120N6+6. The number of nitrogens with zero attached hydrogens (tertiary/aromatic N) is 6. The van der Waals surface area contributed by atoms with Crippen LogP contribution in [0.3, 0.4) is 0 Å². The molecule has 6 heteroatoms. The highest BCUT2D eigenvalue weighted by Crippen LogP contribution is 2.31. The van der Waals surface area contributed by atoms with Crippen molar-refractivity contribution < 1.29 is 39.7 Å². The van der Waals surface area contributed by atoms with Crippen LogP contribution in [0.4, 0.5) is 0 Å². The molecule has 102 heavy (non-hydrogen) atoms. The van der Waals surface area contributed by atoms with E-state index in [0.29, 0.717) is 16.7 Å². The highest BCUT2D eigenvalue weighted by atomic mass is 15.0. The molecule has 6 aromatic heterocycles. The number of rotatable bonds is 6. The summed E-state index contributed by atoms with van der Waals surface area (Å²) in [6.45, 7) is 37.9. The maximum Gasteiger partial charge on any atom is 0.215 e. The van der Waals surface area contributed by atoms with Crippen LogP contribution in [0.5, 0.6) is 0 Å².